The van der Waals surface area contributed by atoms with Crippen molar-refractivity contribution >= 4 is 27.5 Å². The second kappa shape index (κ2) is 9.74. The summed E-state index contributed by atoms with van der Waals surface area (Å²) in [5.74, 6) is 0.398. The first kappa shape index (κ1) is 21.8. The molecule has 29 heavy (non-hydrogen) atoms. The van der Waals surface area contributed by atoms with Gasteiger partial charge in [0, 0.05) is 31.1 Å². The van der Waals surface area contributed by atoms with E-state index in [1.165, 1.54) is 0 Å². The van der Waals surface area contributed by atoms with Crippen LogP contribution in [0, 0.1) is 12.8 Å². The first-order chi connectivity index (χ1) is 13.9. The third-order valence-electron chi connectivity index (χ3n) is 5.47. The van der Waals surface area contributed by atoms with E-state index in [2.05, 4.69) is 5.32 Å². The zero-order valence-corrected chi connectivity index (χ0v) is 18.2. The van der Waals surface area contributed by atoms with Crippen molar-refractivity contribution in [1.82, 2.24) is 9.62 Å². The number of piperidine rings is 1. The maximum Gasteiger partial charge on any atom is 0.243 e. The molecule has 0 bridgehead atoms. The lowest BCUT2D eigenvalue weighted by atomic mass is 9.93. The highest BCUT2D eigenvalue weighted by Gasteiger charge is 2.30. The molecule has 3 rings (SSSR count). The van der Waals surface area contributed by atoms with Crippen molar-refractivity contribution in [2.24, 2.45) is 5.92 Å². The van der Waals surface area contributed by atoms with Gasteiger partial charge in [0.2, 0.25) is 15.9 Å². The molecule has 1 amide bonds. The second-order valence-corrected chi connectivity index (χ2v) is 9.90. The summed E-state index contributed by atoms with van der Waals surface area (Å²) in [4.78, 5) is 12.5. The lowest BCUT2D eigenvalue weighted by Gasteiger charge is -2.31. The largest absolute Gasteiger partial charge is 0.352 e. The Bertz CT molecular complexity index is 937. The molecule has 2 aromatic carbocycles. The third kappa shape index (κ3) is 5.81. The number of benzene rings is 2. The van der Waals surface area contributed by atoms with Crippen LogP contribution in [-0.4, -0.2) is 31.7 Å². The van der Waals surface area contributed by atoms with Gasteiger partial charge in [0.25, 0.3) is 0 Å². The Morgan fingerprint density at radius 2 is 1.76 bits per heavy atom. The zero-order chi connectivity index (χ0) is 20.9. The summed E-state index contributed by atoms with van der Waals surface area (Å²) < 4.78 is 27.3. The fourth-order valence-electron chi connectivity index (χ4n) is 3.65. The van der Waals surface area contributed by atoms with Gasteiger partial charge in [-0.3, -0.25) is 4.79 Å². The minimum atomic E-state index is -3.45. The Hall–Kier alpha value is -1.89. The van der Waals surface area contributed by atoms with Crippen LogP contribution in [0.4, 0.5) is 0 Å². The molecule has 1 N–H and O–H groups in total. The van der Waals surface area contributed by atoms with E-state index in [-0.39, 0.29) is 5.91 Å². The molecule has 7 heteroatoms. The van der Waals surface area contributed by atoms with E-state index in [0.717, 1.165) is 30.4 Å². The summed E-state index contributed by atoms with van der Waals surface area (Å²) in [6, 6.07) is 14.5. The fourth-order valence-corrected chi connectivity index (χ4v) is 5.47. The summed E-state index contributed by atoms with van der Waals surface area (Å²) in [5, 5.41) is 3.61. The smallest absolute Gasteiger partial charge is 0.243 e. The van der Waals surface area contributed by atoms with Crippen LogP contribution in [0.5, 0.6) is 0 Å². The molecule has 0 aromatic heterocycles. The Kier molecular flexibility index (Phi) is 7.33. The molecule has 0 radical (unpaired) electrons. The number of nitrogens with zero attached hydrogens (tertiary/aromatic N) is 1. The average molecular weight is 435 g/mol. The highest BCUT2D eigenvalue weighted by Crippen LogP contribution is 2.27. The highest BCUT2D eigenvalue weighted by atomic mass is 35.5. The molecule has 0 saturated carbocycles. The zero-order valence-electron chi connectivity index (χ0n) is 16.6. The van der Waals surface area contributed by atoms with Gasteiger partial charge < -0.3 is 5.32 Å². The quantitative estimate of drug-likeness (QED) is 0.711. The van der Waals surface area contributed by atoms with Crippen LogP contribution in [0.2, 0.25) is 5.02 Å². The van der Waals surface area contributed by atoms with Gasteiger partial charge in [-0.2, -0.15) is 4.31 Å². The maximum atomic E-state index is 12.9. The van der Waals surface area contributed by atoms with Crippen molar-refractivity contribution < 1.29 is 13.2 Å². The predicted molar refractivity (Wildman–Crippen MR) is 115 cm³/mol. The Morgan fingerprint density at radius 3 is 2.41 bits per heavy atom. The number of halogens is 1. The molecule has 1 heterocycles. The monoisotopic (exact) mass is 434 g/mol. The highest BCUT2D eigenvalue weighted by molar-refractivity contribution is 7.89. The van der Waals surface area contributed by atoms with Gasteiger partial charge in [0.05, 0.1) is 4.90 Å². The number of aryl methyl sites for hydroxylation is 1. The number of amides is 1. The average Bonchev–Trinajstić information content (AvgIpc) is 2.72. The third-order valence-corrected chi connectivity index (χ3v) is 7.78. The number of nitrogens with one attached hydrogen (secondary N) is 1. The number of carbonyl (C=O) groups is 1. The van der Waals surface area contributed by atoms with Crippen LogP contribution < -0.4 is 5.32 Å². The summed E-state index contributed by atoms with van der Waals surface area (Å²) in [7, 11) is -3.45. The minimum Gasteiger partial charge on any atom is -0.352 e. The predicted octanol–water partition coefficient (Wildman–Crippen LogP) is 4.15. The first-order valence-corrected chi connectivity index (χ1v) is 11.7. The minimum absolute atomic E-state index is 0.0231. The molecule has 0 unspecified atom stereocenters. The van der Waals surface area contributed by atoms with Crippen molar-refractivity contribution in [2.75, 3.05) is 13.1 Å². The SMILES string of the molecule is Cc1ccccc1S(=O)(=O)N1CCC(CCC(=O)NCc2ccc(Cl)cc2)CC1. The van der Waals surface area contributed by atoms with Crippen molar-refractivity contribution in [1.29, 1.82) is 0 Å². The van der Waals surface area contributed by atoms with Crippen LogP contribution in [0.15, 0.2) is 53.4 Å². The Morgan fingerprint density at radius 1 is 1.10 bits per heavy atom. The molecule has 0 atom stereocenters. The lowest BCUT2D eigenvalue weighted by Crippen LogP contribution is -2.39. The molecule has 5 nitrogen and oxygen atoms in total. The lowest BCUT2D eigenvalue weighted by molar-refractivity contribution is -0.121. The molecule has 0 aliphatic carbocycles. The van der Waals surface area contributed by atoms with Crippen LogP contribution >= 0.6 is 11.6 Å². The number of hydrogen-bond donors (Lipinski definition) is 1. The van der Waals surface area contributed by atoms with Gasteiger partial charge in [-0.15, -0.1) is 0 Å². The molecule has 1 fully saturated rings. The summed E-state index contributed by atoms with van der Waals surface area (Å²) in [6.07, 6.45) is 2.82. The number of hydrogen-bond acceptors (Lipinski definition) is 3. The molecule has 2 aromatic rings. The van der Waals surface area contributed by atoms with Crippen LogP contribution in [0.1, 0.15) is 36.8 Å². The van der Waals surface area contributed by atoms with Crippen molar-refractivity contribution in [2.45, 2.75) is 44.0 Å². The van der Waals surface area contributed by atoms with Crippen molar-refractivity contribution in [3.05, 3.63) is 64.7 Å². The van der Waals surface area contributed by atoms with Crippen LogP contribution in [0.3, 0.4) is 0 Å². The van der Waals surface area contributed by atoms with E-state index in [1.807, 2.05) is 43.3 Å². The van der Waals surface area contributed by atoms with Crippen molar-refractivity contribution in [3.63, 3.8) is 0 Å². The first-order valence-electron chi connectivity index (χ1n) is 9.93. The van der Waals surface area contributed by atoms with Gasteiger partial charge in [-0.25, -0.2) is 8.42 Å². The van der Waals surface area contributed by atoms with Gasteiger partial charge in [-0.05, 0) is 61.4 Å². The molecule has 156 valence electrons. The number of carbonyl (C=O) groups excluding carboxylic acids is 1. The van der Waals surface area contributed by atoms with Gasteiger partial charge in [-0.1, -0.05) is 41.9 Å². The van der Waals surface area contributed by atoms with Gasteiger partial charge in [0.1, 0.15) is 0 Å². The summed E-state index contributed by atoms with van der Waals surface area (Å²) in [5.41, 5.74) is 1.78. The fraction of sp³-hybridized carbons (Fsp3) is 0.409. The topological polar surface area (TPSA) is 66.5 Å². The van der Waals surface area contributed by atoms with Gasteiger partial charge in [0.15, 0.2) is 0 Å². The van der Waals surface area contributed by atoms with E-state index in [4.69, 9.17) is 11.6 Å². The second-order valence-electron chi connectivity index (χ2n) is 7.55. The normalized spacial score (nSPS) is 15.9. The van der Waals surface area contributed by atoms with E-state index in [9.17, 15) is 13.2 Å². The van der Waals surface area contributed by atoms with E-state index in [1.54, 1.807) is 16.4 Å². The molecule has 1 aliphatic heterocycles. The number of rotatable bonds is 7. The molecule has 0 spiro atoms. The van der Waals surface area contributed by atoms with E-state index >= 15 is 0 Å². The summed E-state index contributed by atoms with van der Waals surface area (Å²) >= 11 is 5.86. The van der Waals surface area contributed by atoms with Crippen LogP contribution in [-0.2, 0) is 21.4 Å². The van der Waals surface area contributed by atoms with E-state index in [0.29, 0.717) is 41.9 Å². The Balaban J connectivity index is 1.43. The summed E-state index contributed by atoms with van der Waals surface area (Å²) in [6.45, 7) is 3.33. The van der Waals surface area contributed by atoms with Crippen LogP contribution in [0.25, 0.3) is 0 Å². The Labute approximate surface area is 178 Å². The molecular weight excluding hydrogens is 408 g/mol. The molecule has 1 saturated heterocycles. The maximum absolute atomic E-state index is 12.9. The number of sulfonamides is 1. The van der Waals surface area contributed by atoms with Gasteiger partial charge >= 0.3 is 0 Å². The molecule has 1 aliphatic rings. The van der Waals surface area contributed by atoms with E-state index < -0.39 is 10.0 Å². The van der Waals surface area contributed by atoms with Crippen molar-refractivity contribution in [3.8, 4) is 0 Å². The molecular formula is C22H27ClN2O3S. The standard InChI is InChI=1S/C22H27ClN2O3S/c1-17-4-2-3-5-21(17)29(27,28)25-14-12-18(13-15-25)8-11-22(26)24-16-19-6-9-20(23)10-7-19/h2-7,9-10,18H,8,11-16H2,1H3,(H,24,26).